The van der Waals surface area contributed by atoms with Crippen LogP contribution in [0.15, 0.2) is 0 Å². The van der Waals surface area contributed by atoms with Gasteiger partial charge in [-0.25, -0.2) is 4.79 Å². The average molecular weight is 215 g/mol. The lowest BCUT2D eigenvalue weighted by Gasteiger charge is -2.15. The lowest BCUT2D eigenvalue weighted by atomic mass is 10.1. The summed E-state index contributed by atoms with van der Waals surface area (Å²) in [6, 6.07) is -0.447. The van der Waals surface area contributed by atoms with Gasteiger partial charge in [0.15, 0.2) is 0 Å². The predicted octanol–water partition coefficient (Wildman–Crippen LogP) is -1.41. The molecule has 0 bridgehead atoms. The van der Waals surface area contributed by atoms with E-state index < -0.39 is 23.8 Å². The number of rotatable bonds is 3. The summed E-state index contributed by atoms with van der Waals surface area (Å²) >= 11 is 0. The maximum Gasteiger partial charge on any atom is 0.317 e. The van der Waals surface area contributed by atoms with Crippen LogP contribution < -0.4 is 11.1 Å². The van der Waals surface area contributed by atoms with E-state index in [0.29, 0.717) is 13.0 Å². The van der Waals surface area contributed by atoms with E-state index in [9.17, 15) is 14.4 Å². The zero-order chi connectivity index (χ0) is 11.4. The molecule has 7 nitrogen and oxygen atoms in total. The van der Waals surface area contributed by atoms with Gasteiger partial charge in [0.05, 0.1) is 12.5 Å². The number of nitrogens with two attached hydrogens (primary N) is 1. The Balaban J connectivity index is 2.36. The van der Waals surface area contributed by atoms with Crippen molar-refractivity contribution >= 4 is 17.9 Å². The van der Waals surface area contributed by atoms with Crippen molar-refractivity contribution in [3.05, 3.63) is 0 Å². The fourth-order valence-electron chi connectivity index (χ4n) is 1.42. The lowest BCUT2D eigenvalue weighted by molar-refractivity contribution is -0.141. The minimum absolute atomic E-state index is 0.180. The van der Waals surface area contributed by atoms with Gasteiger partial charge >= 0.3 is 12.0 Å². The van der Waals surface area contributed by atoms with Gasteiger partial charge in [0, 0.05) is 13.1 Å². The van der Waals surface area contributed by atoms with Crippen molar-refractivity contribution in [1.29, 1.82) is 0 Å². The van der Waals surface area contributed by atoms with E-state index in [1.807, 2.05) is 0 Å². The third-order valence-electron chi connectivity index (χ3n) is 2.24. The number of hydrogen-bond acceptors (Lipinski definition) is 3. The number of carboxylic acid groups (broad SMARTS) is 1. The molecule has 1 aliphatic heterocycles. The van der Waals surface area contributed by atoms with Crippen LogP contribution in [0.5, 0.6) is 0 Å². The number of hydrogen-bond donors (Lipinski definition) is 3. The molecule has 1 aliphatic rings. The summed E-state index contributed by atoms with van der Waals surface area (Å²) in [4.78, 5) is 33.7. The van der Waals surface area contributed by atoms with Gasteiger partial charge in [-0.05, 0) is 6.42 Å². The van der Waals surface area contributed by atoms with Gasteiger partial charge in [-0.2, -0.15) is 0 Å². The Bertz CT molecular complexity index is 292. The van der Waals surface area contributed by atoms with Crippen LogP contribution in [-0.2, 0) is 9.59 Å². The summed E-state index contributed by atoms with van der Waals surface area (Å²) in [6.45, 7) is 0.342. The van der Waals surface area contributed by atoms with Gasteiger partial charge in [-0.1, -0.05) is 0 Å². The summed E-state index contributed by atoms with van der Waals surface area (Å²) in [6.07, 6.45) is 0.444. The Labute approximate surface area is 86.2 Å². The molecular formula is C8H13N3O4. The Morgan fingerprint density at radius 1 is 1.47 bits per heavy atom. The number of urea groups is 1. The molecule has 1 rings (SSSR count). The highest BCUT2D eigenvalue weighted by Crippen LogP contribution is 2.15. The minimum atomic E-state index is -0.903. The number of carbonyl (C=O) groups is 3. The number of carbonyl (C=O) groups excluding carboxylic acids is 2. The Morgan fingerprint density at radius 3 is 2.60 bits per heavy atom. The van der Waals surface area contributed by atoms with Crippen molar-refractivity contribution in [2.45, 2.75) is 6.42 Å². The largest absolute Gasteiger partial charge is 0.481 e. The van der Waals surface area contributed by atoms with Crippen LogP contribution >= 0.6 is 0 Å². The number of likely N-dealkylation sites (tertiary alicyclic amines) is 1. The molecule has 0 saturated carbocycles. The minimum Gasteiger partial charge on any atom is -0.481 e. The van der Waals surface area contributed by atoms with E-state index in [4.69, 9.17) is 10.8 Å². The highest BCUT2D eigenvalue weighted by atomic mass is 16.4. The summed E-state index contributed by atoms with van der Waals surface area (Å²) in [5.41, 5.74) is 4.85. The van der Waals surface area contributed by atoms with Crippen molar-refractivity contribution in [2.75, 3.05) is 19.6 Å². The molecule has 15 heavy (non-hydrogen) atoms. The molecule has 1 unspecified atom stereocenters. The molecule has 1 atom stereocenters. The maximum absolute atomic E-state index is 11.3. The van der Waals surface area contributed by atoms with E-state index in [1.54, 1.807) is 0 Å². The molecule has 4 N–H and O–H groups in total. The third-order valence-corrected chi connectivity index (χ3v) is 2.24. The van der Waals surface area contributed by atoms with Crippen LogP contribution in [0.4, 0.5) is 4.79 Å². The summed E-state index contributed by atoms with van der Waals surface area (Å²) in [7, 11) is 0. The molecule has 0 spiro atoms. The van der Waals surface area contributed by atoms with Gasteiger partial charge in [0.25, 0.3) is 0 Å². The Morgan fingerprint density at radius 2 is 2.13 bits per heavy atom. The molecule has 0 aromatic rings. The zero-order valence-electron chi connectivity index (χ0n) is 8.10. The fraction of sp³-hybridized carbons (Fsp3) is 0.625. The van der Waals surface area contributed by atoms with Crippen LogP contribution in [0, 0.1) is 5.92 Å². The van der Waals surface area contributed by atoms with E-state index in [2.05, 4.69) is 5.32 Å². The van der Waals surface area contributed by atoms with Gasteiger partial charge in [0.1, 0.15) is 0 Å². The predicted molar refractivity (Wildman–Crippen MR) is 49.9 cm³/mol. The van der Waals surface area contributed by atoms with Gasteiger partial charge in [-0.15, -0.1) is 0 Å². The first kappa shape index (κ1) is 11.3. The number of carboxylic acids is 1. The molecule has 0 aromatic carbocycles. The van der Waals surface area contributed by atoms with Crippen molar-refractivity contribution in [2.24, 2.45) is 11.7 Å². The molecule has 0 aromatic heterocycles. The number of aliphatic carboxylic acids is 1. The van der Waals surface area contributed by atoms with Gasteiger partial charge < -0.3 is 21.1 Å². The second-order valence-electron chi connectivity index (χ2n) is 3.39. The van der Waals surface area contributed by atoms with Crippen LogP contribution in [0.1, 0.15) is 6.42 Å². The second kappa shape index (κ2) is 4.63. The van der Waals surface area contributed by atoms with E-state index in [0.717, 1.165) is 0 Å². The number of nitrogens with one attached hydrogen (secondary N) is 1. The summed E-state index contributed by atoms with van der Waals surface area (Å²) in [5.74, 6) is -2.04. The standard InChI is InChI=1S/C8H13N3O4/c9-6(12)3-10-8(15)11-2-1-5(4-11)7(13)14/h5H,1-4H2,(H2,9,12)(H,10,15)(H,13,14). The van der Waals surface area contributed by atoms with Crippen molar-refractivity contribution < 1.29 is 19.5 Å². The number of amides is 3. The van der Waals surface area contributed by atoms with Gasteiger partial charge in [-0.3, -0.25) is 9.59 Å². The molecular weight excluding hydrogens is 202 g/mol. The highest BCUT2D eigenvalue weighted by molar-refractivity contribution is 5.83. The monoisotopic (exact) mass is 215 g/mol. The fourth-order valence-corrected chi connectivity index (χ4v) is 1.42. The Kier molecular flexibility index (Phi) is 3.48. The highest BCUT2D eigenvalue weighted by Gasteiger charge is 2.30. The van der Waals surface area contributed by atoms with Crippen LogP contribution in [0.2, 0.25) is 0 Å². The molecule has 1 fully saturated rings. The molecule has 84 valence electrons. The molecule has 1 saturated heterocycles. The quantitative estimate of drug-likeness (QED) is 0.536. The normalized spacial score (nSPS) is 20.0. The summed E-state index contributed by atoms with van der Waals surface area (Å²) < 4.78 is 0. The summed E-state index contributed by atoms with van der Waals surface area (Å²) in [5, 5.41) is 11.0. The van der Waals surface area contributed by atoms with Crippen molar-refractivity contribution in [3.63, 3.8) is 0 Å². The van der Waals surface area contributed by atoms with Crippen LogP contribution in [0.25, 0.3) is 0 Å². The van der Waals surface area contributed by atoms with Crippen LogP contribution in [0.3, 0.4) is 0 Å². The first-order valence-corrected chi connectivity index (χ1v) is 4.54. The average Bonchev–Trinajstić information content (AvgIpc) is 2.62. The number of nitrogens with zero attached hydrogens (tertiary/aromatic N) is 1. The Hall–Kier alpha value is -1.79. The molecule has 0 aliphatic carbocycles. The molecule has 1 heterocycles. The topological polar surface area (TPSA) is 113 Å². The molecule has 7 heteroatoms. The smallest absolute Gasteiger partial charge is 0.317 e. The van der Waals surface area contributed by atoms with Crippen molar-refractivity contribution in [3.8, 4) is 0 Å². The van der Waals surface area contributed by atoms with E-state index >= 15 is 0 Å². The van der Waals surface area contributed by atoms with Crippen molar-refractivity contribution in [1.82, 2.24) is 10.2 Å². The number of primary amides is 1. The first-order valence-electron chi connectivity index (χ1n) is 4.54. The van der Waals surface area contributed by atoms with Crippen LogP contribution in [-0.4, -0.2) is 47.5 Å². The molecule has 3 amide bonds. The molecule has 0 radical (unpaired) electrons. The maximum atomic E-state index is 11.3. The van der Waals surface area contributed by atoms with E-state index in [-0.39, 0.29) is 13.1 Å². The second-order valence-corrected chi connectivity index (χ2v) is 3.39. The van der Waals surface area contributed by atoms with E-state index in [1.165, 1.54) is 4.90 Å². The van der Waals surface area contributed by atoms with Gasteiger partial charge in [0.2, 0.25) is 5.91 Å². The SMILES string of the molecule is NC(=O)CNC(=O)N1CCC(C(=O)O)C1. The zero-order valence-corrected chi connectivity index (χ0v) is 8.10. The lowest BCUT2D eigenvalue weighted by Crippen LogP contribution is -2.42. The third kappa shape index (κ3) is 3.12. The first-order chi connectivity index (χ1) is 7.00.